The summed E-state index contributed by atoms with van der Waals surface area (Å²) >= 11 is 10.5. The number of nitrogens with zero attached hydrogens (tertiary/aromatic N) is 1. The van der Waals surface area contributed by atoms with Crippen molar-refractivity contribution in [2.75, 3.05) is 32.1 Å². The van der Waals surface area contributed by atoms with Crippen molar-refractivity contribution in [3.05, 3.63) is 20.4 Å². The highest BCUT2D eigenvalue weighted by Gasteiger charge is 2.10. The van der Waals surface area contributed by atoms with Crippen LogP contribution in [0.15, 0.2) is 20.3 Å². The molecule has 2 aromatic heterocycles. The van der Waals surface area contributed by atoms with Crippen molar-refractivity contribution in [3.63, 3.8) is 0 Å². The van der Waals surface area contributed by atoms with Gasteiger partial charge in [-0.25, -0.2) is 0 Å². The predicted octanol–water partition coefficient (Wildman–Crippen LogP) is 3.64. The van der Waals surface area contributed by atoms with Crippen LogP contribution in [0.25, 0.3) is 10.3 Å². The molecule has 0 amide bonds. The van der Waals surface area contributed by atoms with Gasteiger partial charge in [0.15, 0.2) is 11.5 Å². The molecule has 0 spiro atoms. The van der Waals surface area contributed by atoms with E-state index in [0.717, 1.165) is 38.2 Å². The van der Waals surface area contributed by atoms with Gasteiger partial charge < -0.3 is 14.6 Å². The predicted molar refractivity (Wildman–Crippen MR) is 79.8 cm³/mol. The summed E-state index contributed by atoms with van der Waals surface area (Å²) in [7, 11) is 3.93. The summed E-state index contributed by atoms with van der Waals surface area (Å²) < 4.78 is 8.70. The number of likely N-dealkylation sites (N-methyl/N-ethyl adjacent to an activating group) is 2. The zero-order valence-corrected chi connectivity index (χ0v) is 12.8. The Kier molecular flexibility index (Phi) is 4.19. The molecule has 0 saturated carbocycles. The van der Waals surface area contributed by atoms with Gasteiger partial charge >= 0.3 is 0 Å². The summed E-state index contributed by atoms with van der Waals surface area (Å²) in [4.78, 5) is 2.05. The second-order valence-electron chi connectivity index (χ2n) is 3.72. The minimum atomic E-state index is 0.803. The molecule has 0 aromatic carbocycles. The molecular weight excluding hydrogens is 320 g/mol. The van der Waals surface area contributed by atoms with Gasteiger partial charge in [0.25, 0.3) is 0 Å². The molecule has 2 rings (SSSR count). The van der Waals surface area contributed by atoms with E-state index in [1.165, 1.54) is 0 Å². The van der Waals surface area contributed by atoms with Crippen LogP contribution >= 0.6 is 39.5 Å². The van der Waals surface area contributed by atoms with Gasteiger partial charge in [0, 0.05) is 31.6 Å². The van der Waals surface area contributed by atoms with E-state index in [0.29, 0.717) is 0 Å². The first kappa shape index (κ1) is 13.0. The largest absolute Gasteiger partial charge is 0.438 e. The fraction of sp³-hybridized carbons (Fsp3) is 0.364. The van der Waals surface area contributed by atoms with Crippen molar-refractivity contribution in [1.82, 2.24) is 5.32 Å². The van der Waals surface area contributed by atoms with Crippen molar-refractivity contribution in [1.29, 1.82) is 0 Å². The Morgan fingerprint density at radius 3 is 3.06 bits per heavy atom. The standard InChI is InChI=1S/C11H13BrN2OS2/c1-13-3-4-14(2)9-5-8(16)11-10(15-9)7(12)6-17-11/h5-6,13H,3-4H2,1-2H3. The minimum absolute atomic E-state index is 0.803. The topological polar surface area (TPSA) is 28.4 Å². The lowest BCUT2D eigenvalue weighted by molar-refractivity contribution is 0.581. The molecule has 0 aliphatic heterocycles. The summed E-state index contributed by atoms with van der Waals surface area (Å²) in [5, 5.41) is 5.11. The van der Waals surface area contributed by atoms with Crippen LogP contribution in [-0.4, -0.2) is 27.2 Å². The summed E-state index contributed by atoms with van der Waals surface area (Å²) in [5.74, 6) is 0.803. The van der Waals surface area contributed by atoms with E-state index in [4.69, 9.17) is 16.6 Å². The van der Waals surface area contributed by atoms with E-state index in [1.807, 2.05) is 25.5 Å². The number of rotatable bonds is 4. The molecule has 2 aromatic rings. The number of thiophene rings is 1. The van der Waals surface area contributed by atoms with Gasteiger partial charge in [-0.05, 0) is 23.0 Å². The van der Waals surface area contributed by atoms with Crippen LogP contribution in [0.5, 0.6) is 0 Å². The van der Waals surface area contributed by atoms with Crippen LogP contribution in [0, 0.1) is 4.51 Å². The van der Waals surface area contributed by atoms with Crippen LogP contribution in [0.2, 0.25) is 0 Å². The maximum absolute atomic E-state index is 5.87. The quantitative estimate of drug-likeness (QED) is 0.865. The second kappa shape index (κ2) is 5.48. The smallest absolute Gasteiger partial charge is 0.197 e. The van der Waals surface area contributed by atoms with Crippen LogP contribution in [-0.2, 0) is 0 Å². The normalized spacial score (nSPS) is 11.0. The third-order valence-electron chi connectivity index (χ3n) is 2.46. The first-order chi connectivity index (χ1) is 8.13. The number of hydrogen-bond donors (Lipinski definition) is 1. The average molecular weight is 333 g/mol. The number of halogens is 1. The van der Waals surface area contributed by atoms with Crippen molar-refractivity contribution < 1.29 is 4.42 Å². The lowest BCUT2D eigenvalue weighted by atomic mass is 10.4. The fourth-order valence-corrected chi connectivity index (χ4v) is 3.27. The van der Waals surface area contributed by atoms with Crippen molar-refractivity contribution >= 4 is 55.7 Å². The molecule has 0 aliphatic rings. The van der Waals surface area contributed by atoms with E-state index in [-0.39, 0.29) is 0 Å². The second-order valence-corrected chi connectivity index (χ2v) is 5.89. The number of anilines is 1. The number of fused-ring (bicyclic) bond motifs is 1. The molecule has 1 N–H and O–H groups in total. The Balaban J connectivity index is 2.42. The van der Waals surface area contributed by atoms with E-state index in [9.17, 15) is 0 Å². The van der Waals surface area contributed by atoms with E-state index in [2.05, 4.69) is 26.1 Å². The lowest BCUT2D eigenvalue weighted by Gasteiger charge is -2.17. The Morgan fingerprint density at radius 2 is 2.35 bits per heavy atom. The monoisotopic (exact) mass is 332 g/mol. The van der Waals surface area contributed by atoms with Gasteiger partial charge in [-0.3, -0.25) is 0 Å². The molecule has 0 bridgehead atoms. The molecule has 6 heteroatoms. The van der Waals surface area contributed by atoms with E-state index in [1.54, 1.807) is 11.3 Å². The van der Waals surface area contributed by atoms with Crippen LogP contribution in [0.1, 0.15) is 0 Å². The highest BCUT2D eigenvalue weighted by atomic mass is 79.9. The zero-order valence-electron chi connectivity index (χ0n) is 9.62. The van der Waals surface area contributed by atoms with Gasteiger partial charge in [0.05, 0.1) is 13.7 Å². The first-order valence-corrected chi connectivity index (χ1v) is 7.28. The van der Waals surface area contributed by atoms with Gasteiger partial charge in [-0.15, -0.1) is 11.3 Å². The number of nitrogens with one attached hydrogen (secondary N) is 1. The van der Waals surface area contributed by atoms with E-state index < -0.39 is 0 Å². The third kappa shape index (κ3) is 2.70. The zero-order chi connectivity index (χ0) is 12.4. The Labute approximate surface area is 118 Å². The molecule has 0 unspecified atom stereocenters. The Morgan fingerprint density at radius 1 is 1.59 bits per heavy atom. The first-order valence-electron chi connectivity index (χ1n) is 5.20. The molecule has 3 nitrogen and oxygen atoms in total. The molecule has 0 aliphatic carbocycles. The fourth-order valence-electron chi connectivity index (χ4n) is 1.48. The summed E-state index contributed by atoms with van der Waals surface area (Å²) in [6.45, 7) is 1.78. The summed E-state index contributed by atoms with van der Waals surface area (Å²) in [5.41, 5.74) is 0.841. The van der Waals surface area contributed by atoms with Gasteiger partial charge in [0.1, 0.15) is 0 Å². The molecule has 0 radical (unpaired) electrons. The van der Waals surface area contributed by atoms with Crippen LogP contribution in [0.3, 0.4) is 0 Å². The van der Waals surface area contributed by atoms with Gasteiger partial charge in [-0.2, -0.15) is 0 Å². The molecule has 0 atom stereocenters. The Hall–Kier alpha value is -0.430. The van der Waals surface area contributed by atoms with Crippen molar-refractivity contribution in [3.8, 4) is 0 Å². The SMILES string of the molecule is CNCCN(C)c1cc(=S)c2scc(Br)c2o1. The molecule has 17 heavy (non-hydrogen) atoms. The summed E-state index contributed by atoms with van der Waals surface area (Å²) in [6.07, 6.45) is 0. The maximum Gasteiger partial charge on any atom is 0.197 e. The Bertz CT molecular complexity index is 578. The summed E-state index contributed by atoms with van der Waals surface area (Å²) in [6, 6.07) is 1.91. The van der Waals surface area contributed by atoms with Crippen molar-refractivity contribution in [2.45, 2.75) is 0 Å². The van der Waals surface area contributed by atoms with Crippen LogP contribution < -0.4 is 10.2 Å². The number of hydrogen-bond acceptors (Lipinski definition) is 5. The molecule has 0 saturated heterocycles. The molecule has 2 heterocycles. The highest BCUT2D eigenvalue weighted by Crippen LogP contribution is 2.34. The molecule has 92 valence electrons. The van der Waals surface area contributed by atoms with E-state index >= 15 is 0 Å². The van der Waals surface area contributed by atoms with Gasteiger partial charge in [-0.1, -0.05) is 12.2 Å². The lowest BCUT2D eigenvalue weighted by Crippen LogP contribution is -2.26. The third-order valence-corrected chi connectivity index (χ3v) is 4.80. The van der Waals surface area contributed by atoms with Crippen molar-refractivity contribution in [2.24, 2.45) is 0 Å². The molecule has 0 fully saturated rings. The van der Waals surface area contributed by atoms with Crippen LogP contribution in [0.4, 0.5) is 5.88 Å². The highest BCUT2D eigenvalue weighted by molar-refractivity contribution is 9.10. The van der Waals surface area contributed by atoms with Gasteiger partial charge in [0.2, 0.25) is 0 Å². The average Bonchev–Trinajstić information content (AvgIpc) is 2.69. The minimum Gasteiger partial charge on any atom is -0.438 e. The molecular formula is C11H13BrN2OS2. The maximum atomic E-state index is 5.87.